The normalized spacial score (nSPS) is 17.8. The van der Waals surface area contributed by atoms with E-state index < -0.39 is 0 Å². The Morgan fingerprint density at radius 1 is 1.05 bits per heavy atom. The molecular weight excluding hydrogens is 272 g/mol. The molecule has 0 saturated carbocycles. The molecule has 0 N–H and O–H groups in total. The van der Waals surface area contributed by atoms with Crippen LogP contribution in [-0.4, -0.2) is 19.2 Å². The van der Waals surface area contributed by atoms with Crippen molar-refractivity contribution in [2.45, 2.75) is 6.04 Å². The van der Waals surface area contributed by atoms with Gasteiger partial charge in [0.2, 0.25) is 0 Å². The monoisotopic (exact) mass is 284 g/mol. The Hall–Kier alpha value is -2.13. The quantitative estimate of drug-likeness (QED) is 0.789. The predicted molar refractivity (Wildman–Crippen MR) is 81.6 cm³/mol. The highest BCUT2D eigenvalue weighted by Crippen LogP contribution is 2.37. The first-order valence-corrected chi connectivity index (χ1v) is 6.70. The molecule has 1 atom stereocenters. The maximum Gasteiger partial charge on any atom is 0.268 e. The summed E-state index contributed by atoms with van der Waals surface area (Å²) in [4.78, 5) is 18.0. The van der Waals surface area contributed by atoms with Crippen LogP contribution in [0, 0.1) is 0 Å². The Kier molecular flexibility index (Phi) is 3.28. The lowest BCUT2D eigenvalue weighted by atomic mass is 9.97. The molecule has 0 radical (unpaired) electrons. The molecule has 0 spiro atoms. The van der Waals surface area contributed by atoms with Gasteiger partial charge in [-0.2, -0.15) is 0 Å². The summed E-state index contributed by atoms with van der Waals surface area (Å²) in [7, 11) is 1.75. The molecule has 0 aliphatic carbocycles. The standard InChI is InChI=1S/C16H13ClN2O/c1-19-14-9-5-3-7-12(14)16(18-10-15(19)20)11-6-2-4-8-13(11)17/h2-10,16H,1H3. The molecule has 2 aromatic carbocycles. The van der Waals surface area contributed by atoms with Gasteiger partial charge in [-0.25, -0.2) is 0 Å². The van der Waals surface area contributed by atoms with E-state index in [0.717, 1.165) is 16.8 Å². The number of aliphatic imine (C=N–C) groups is 1. The SMILES string of the molecule is CN1C(=O)C=NC(c2ccccc2Cl)c2ccccc21. The minimum Gasteiger partial charge on any atom is -0.310 e. The third-order valence-electron chi connectivity index (χ3n) is 3.46. The molecule has 20 heavy (non-hydrogen) atoms. The van der Waals surface area contributed by atoms with Gasteiger partial charge in [0.25, 0.3) is 5.91 Å². The Labute approximate surface area is 122 Å². The highest BCUT2D eigenvalue weighted by Gasteiger charge is 2.24. The molecule has 2 aromatic rings. The summed E-state index contributed by atoms with van der Waals surface area (Å²) in [5.41, 5.74) is 2.74. The number of nitrogens with zero attached hydrogens (tertiary/aromatic N) is 2. The second kappa shape index (κ2) is 5.10. The summed E-state index contributed by atoms with van der Waals surface area (Å²) >= 11 is 6.28. The van der Waals surface area contributed by atoms with E-state index in [4.69, 9.17) is 11.6 Å². The van der Waals surface area contributed by atoms with Crippen LogP contribution in [0.25, 0.3) is 0 Å². The topological polar surface area (TPSA) is 32.7 Å². The van der Waals surface area contributed by atoms with Crippen LogP contribution in [0.15, 0.2) is 53.5 Å². The summed E-state index contributed by atoms with van der Waals surface area (Å²) < 4.78 is 0. The molecule has 0 bridgehead atoms. The van der Waals surface area contributed by atoms with Crippen molar-refractivity contribution in [3.05, 3.63) is 64.7 Å². The molecule has 0 fully saturated rings. The van der Waals surface area contributed by atoms with Gasteiger partial charge in [0.15, 0.2) is 0 Å². The van der Waals surface area contributed by atoms with Crippen molar-refractivity contribution in [3.63, 3.8) is 0 Å². The Morgan fingerprint density at radius 2 is 1.70 bits per heavy atom. The van der Waals surface area contributed by atoms with E-state index >= 15 is 0 Å². The minimum absolute atomic E-state index is 0.132. The van der Waals surface area contributed by atoms with Crippen LogP contribution >= 0.6 is 11.6 Å². The van der Waals surface area contributed by atoms with Crippen molar-refractivity contribution in [1.29, 1.82) is 0 Å². The van der Waals surface area contributed by atoms with Crippen molar-refractivity contribution < 1.29 is 4.79 Å². The average Bonchev–Trinajstić information content (AvgIpc) is 2.59. The fourth-order valence-corrected chi connectivity index (χ4v) is 2.63. The Morgan fingerprint density at radius 3 is 2.45 bits per heavy atom. The first-order valence-electron chi connectivity index (χ1n) is 6.32. The largest absolute Gasteiger partial charge is 0.310 e. The maximum absolute atomic E-state index is 12.0. The van der Waals surface area contributed by atoms with Crippen molar-refractivity contribution in [3.8, 4) is 0 Å². The molecule has 0 aromatic heterocycles. The number of fused-ring (bicyclic) bond motifs is 1. The third kappa shape index (κ3) is 2.10. The van der Waals surface area contributed by atoms with Gasteiger partial charge in [-0.15, -0.1) is 0 Å². The molecule has 0 saturated heterocycles. The van der Waals surface area contributed by atoms with E-state index in [1.165, 1.54) is 6.21 Å². The molecule has 1 heterocycles. The van der Waals surface area contributed by atoms with Crippen LogP contribution in [0.5, 0.6) is 0 Å². The van der Waals surface area contributed by atoms with Gasteiger partial charge in [0.1, 0.15) is 6.04 Å². The number of carbonyl (C=O) groups is 1. The van der Waals surface area contributed by atoms with Crippen molar-refractivity contribution in [2.75, 3.05) is 11.9 Å². The lowest BCUT2D eigenvalue weighted by molar-refractivity contribution is -0.111. The van der Waals surface area contributed by atoms with Gasteiger partial charge >= 0.3 is 0 Å². The fraction of sp³-hybridized carbons (Fsp3) is 0.125. The summed E-state index contributed by atoms with van der Waals surface area (Å²) in [5.74, 6) is -0.132. The van der Waals surface area contributed by atoms with Crippen LogP contribution in [-0.2, 0) is 4.79 Å². The molecule has 4 heteroatoms. The van der Waals surface area contributed by atoms with Crippen LogP contribution in [0.2, 0.25) is 5.02 Å². The van der Waals surface area contributed by atoms with E-state index in [0.29, 0.717) is 5.02 Å². The number of rotatable bonds is 1. The summed E-state index contributed by atoms with van der Waals surface area (Å²) in [6.45, 7) is 0. The summed E-state index contributed by atoms with van der Waals surface area (Å²) in [5, 5.41) is 0.654. The van der Waals surface area contributed by atoms with Crippen LogP contribution < -0.4 is 4.90 Å². The second-order valence-corrected chi connectivity index (χ2v) is 5.07. The van der Waals surface area contributed by atoms with Gasteiger partial charge in [0.05, 0.1) is 6.21 Å². The molecule has 1 amide bonds. The number of para-hydroxylation sites is 1. The zero-order valence-corrected chi connectivity index (χ0v) is 11.7. The Bertz CT molecular complexity index is 696. The maximum atomic E-state index is 12.0. The zero-order valence-electron chi connectivity index (χ0n) is 11.0. The van der Waals surface area contributed by atoms with Gasteiger partial charge in [-0.05, 0) is 17.7 Å². The molecule has 1 aliphatic rings. The second-order valence-electron chi connectivity index (χ2n) is 4.66. The van der Waals surface area contributed by atoms with Gasteiger partial charge in [0, 0.05) is 23.3 Å². The van der Waals surface area contributed by atoms with Crippen molar-refractivity contribution in [2.24, 2.45) is 4.99 Å². The van der Waals surface area contributed by atoms with Crippen molar-refractivity contribution in [1.82, 2.24) is 0 Å². The number of anilines is 1. The summed E-state index contributed by atoms with van der Waals surface area (Å²) in [6, 6.07) is 15.1. The first-order chi connectivity index (χ1) is 9.68. The lowest BCUT2D eigenvalue weighted by Crippen LogP contribution is -2.26. The molecule has 1 aliphatic heterocycles. The summed E-state index contributed by atoms with van der Waals surface area (Å²) in [6.07, 6.45) is 1.37. The number of benzene rings is 2. The highest BCUT2D eigenvalue weighted by molar-refractivity contribution is 6.33. The number of halogens is 1. The van der Waals surface area contributed by atoms with Crippen LogP contribution in [0.1, 0.15) is 17.2 Å². The average molecular weight is 285 g/mol. The number of hydrogen-bond donors (Lipinski definition) is 0. The zero-order chi connectivity index (χ0) is 14.1. The van der Waals surface area contributed by atoms with E-state index in [1.807, 2.05) is 48.5 Å². The molecule has 3 nitrogen and oxygen atoms in total. The minimum atomic E-state index is -0.256. The van der Waals surface area contributed by atoms with E-state index in [2.05, 4.69) is 4.99 Å². The van der Waals surface area contributed by atoms with E-state index in [1.54, 1.807) is 11.9 Å². The molecule has 3 rings (SSSR count). The lowest BCUT2D eigenvalue weighted by Gasteiger charge is -2.20. The molecule has 100 valence electrons. The highest BCUT2D eigenvalue weighted by atomic mass is 35.5. The molecule has 1 unspecified atom stereocenters. The number of hydrogen-bond acceptors (Lipinski definition) is 2. The smallest absolute Gasteiger partial charge is 0.268 e. The fourth-order valence-electron chi connectivity index (χ4n) is 2.39. The predicted octanol–water partition coefficient (Wildman–Crippen LogP) is 3.48. The third-order valence-corrected chi connectivity index (χ3v) is 3.80. The van der Waals surface area contributed by atoms with E-state index in [-0.39, 0.29) is 11.9 Å². The van der Waals surface area contributed by atoms with Crippen molar-refractivity contribution >= 4 is 29.4 Å². The van der Waals surface area contributed by atoms with Crippen LogP contribution in [0.4, 0.5) is 5.69 Å². The van der Waals surface area contributed by atoms with E-state index in [9.17, 15) is 4.79 Å². The first kappa shape index (κ1) is 12.9. The number of carbonyl (C=O) groups excluding carboxylic acids is 1. The van der Waals surface area contributed by atoms with Crippen LogP contribution in [0.3, 0.4) is 0 Å². The van der Waals surface area contributed by atoms with Gasteiger partial charge < -0.3 is 4.90 Å². The molecular formula is C16H13ClN2O. The Balaban J connectivity index is 2.21. The van der Waals surface area contributed by atoms with Gasteiger partial charge in [-0.1, -0.05) is 48.0 Å². The van der Waals surface area contributed by atoms with Gasteiger partial charge in [-0.3, -0.25) is 9.79 Å². The number of amides is 1.